The number of aliphatic hydroxyl groups excluding tert-OH is 1. The van der Waals surface area contributed by atoms with Crippen LogP contribution in [0, 0.1) is 5.92 Å². The minimum Gasteiger partial charge on any atom is -0.495 e. The summed E-state index contributed by atoms with van der Waals surface area (Å²) in [6, 6.07) is 3.30. The summed E-state index contributed by atoms with van der Waals surface area (Å²) in [6.07, 6.45) is 0.280. The van der Waals surface area contributed by atoms with Crippen molar-refractivity contribution in [2.75, 3.05) is 7.11 Å². The van der Waals surface area contributed by atoms with Crippen LogP contribution in [0.25, 0.3) is 0 Å². The Bertz CT molecular complexity index is 366. The van der Waals surface area contributed by atoms with Crippen molar-refractivity contribution in [3.05, 3.63) is 27.7 Å². The van der Waals surface area contributed by atoms with Gasteiger partial charge in [-0.05, 0) is 12.0 Å². The van der Waals surface area contributed by atoms with E-state index >= 15 is 0 Å². The van der Waals surface area contributed by atoms with E-state index in [9.17, 15) is 5.11 Å². The lowest BCUT2D eigenvalue weighted by Gasteiger charge is -2.19. The molecule has 2 nitrogen and oxygen atoms in total. The van der Waals surface area contributed by atoms with Gasteiger partial charge in [0, 0.05) is 11.6 Å². The Kier molecular flexibility index (Phi) is 4.90. The van der Waals surface area contributed by atoms with Crippen molar-refractivity contribution in [2.45, 2.75) is 26.4 Å². The largest absolute Gasteiger partial charge is 0.495 e. The Morgan fingerprint density at radius 1 is 1.31 bits per heavy atom. The second-order valence-electron chi connectivity index (χ2n) is 3.84. The van der Waals surface area contributed by atoms with Gasteiger partial charge in [-0.3, -0.25) is 0 Å². The molecule has 0 heterocycles. The molecule has 0 aliphatic carbocycles. The molecule has 0 aliphatic heterocycles. The lowest BCUT2D eigenvalue weighted by Crippen LogP contribution is -2.08. The molecule has 0 amide bonds. The normalized spacial score (nSPS) is 14.6. The molecule has 0 aromatic heterocycles. The summed E-state index contributed by atoms with van der Waals surface area (Å²) in [7, 11) is 1.53. The highest BCUT2D eigenvalue weighted by molar-refractivity contribution is 6.34. The fourth-order valence-electron chi connectivity index (χ4n) is 1.46. The van der Waals surface area contributed by atoms with Gasteiger partial charge in [0.25, 0.3) is 0 Å². The molecule has 2 atom stereocenters. The summed E-state index contributed by atoms with van der Waals surface area (Å²) in [6.45, 7) is 3.99. The van der Waals surface area contributed by atoms with E-state index in [1.165, 1.54) is 7.11 Å². The van der Waals surface area contributed by atoms with Crippen LogP contribution in [-0.2, 0) is 0 Å². The van der Waals surface area contributed by atoms with Crippen molar-refractivity contribution in [3.63, 3.8) is 0 Å². The molecular formula is C12H16Cl2O2. The molecule has 16 heavy (non-hydrogen) atoms. The minimum atomic E-state index is -0.596. The number of rotatable bonds is 4. The standard InChI is InChI=1S/C12H16Cl2O2/c1-4-7(2)12(15)8-5-10(14)11(16-3)6-9(8)13/h5-7,12,15H,4H2,1-3H3. The van der Waals surface area contributed by atoms with Crippen molar-refractivity contribution in [3.8, 4) is 5.75 Å². The zero-order valence-corrected chi connectivity index (χ0v) is 11.1. The summed E-state index contributed by atoms with van der Waals surface area (Å²) in [5.41, 5.74) is 0.654. The average Bonchev–Trinajstić information content (AvgIpc) is 2.29. The zero-order valence-electron chi connectivity index (χ0n) is 9.63. The fourth-order valence-corrected chi connectivity index (χ4v) is 1.97. The first-order chi connectivity index (χ1) is 7.51. The van der Waals surface area contributed by atoms with E-state index in [1.807, 2.05) is 13.8 Å². The summed E-state index contributed by atoms with van der Waals surface area (Å²) in [4.78, 5) is 0. The molecule has 0 aliphatic rings. The molecule has 0 radical (unpaired) electrons. The summed E-state index contributed by atoms with van der Waals surface area (Å²) in [5, 5.41) is 11.0. The number of hydrogen-bond donors (Lipinski definition) is 1. The summed E-state index contributed by atoms with van der Waals surface area (Å²) in [5.74, 6) is 0.661. The Morgan fingerprint density at radius 3 is 2.44 bits per heavy atom. The highest BCUT2D eigenvalue weighted by Gasteiger charge is 2.19. The first-order valence-electron chi connectivity index (χ1n) is 5.22. The van der Waals surface area contributed by atoms with Gasteiger partial charge < -0.3 is 9.84 Å². The predicted molar refractivity (Wildman–Crippen MR) is 67.4 cm³/mol. The first-order valence-corrected chi connectivity index (χ1v) is 5.97. The molecule has 1 aromatic carbocycles. The van der Waals surface area contributed by atoms with Crippen molar-refractivity contribution in [1.29, 1.82) is 0 Å². The monoisotopic (exact) mass is 262 g/mol. The van der Waals surface area contributed by atoms with E-state index < -0.39 is 6.10 Å². The van der Waals surface area contributed by atoms with Crippen molar-refractivity contribution in [1.82, 2.24) is 0 Å². The van der Waals surface area contributed by atoms with Crippen LogP contribution in [0.2, 0.25) is 10.0 Å². The number of hydrogen-bond acceptors (Lipinski definition) is 2. The van der Waals surface area contributed by atoms with Gasteiger partial charge in [-0.1, -0.05) is 43.5 Å². The lowest BCUT2D eigenvalue weighted by molar-refractivity contribution is 0.115. The zero-order chi connectivity index (χ0) is 12.3. The van der Waals surface area contributed by atoms with E-state index in [4.69, 9.17) is 27.9 Å². The molecule has 0 fully saturated rings. The molecule has 1 aromatic rings. The number of benzene rings is 1. The maximum absolute atomic E-state index is 10.1. The van der Waals surface area contributed by atoms with E-state index in [-0.39, 0.29) is 5.92 Å². The first kappa shape index (κ1) is 13.6. The molecule has 2 unspecified atom stereocenters. The van der Waals surface area contributed by atoms with Crippen LogP contribution in [0.5, 0.6) is 5.75 Å². The van der Waals surface area contributed by atoms with Crippen molar-refractivity contribution >= 4 is 23.2 Å². The van der Waals surface area contributed by atoms with Gasteiger partial charge in [0.15, 0.2) is 0 Å². The van der Waals surface area contributed by atoms with Crippen LogP contribution >= 0.6 is 23.2 Å². The maximum atomic E-state index is 10.1. The van der Waals surface area contributed by atoms with Crippen molar-refractivity contribution in [2.24, 2.45) is 5.92 Å². The fraction of sp³-hybridized carbons (Fsp3) is 0.500. The van der Waals surface area contributed by atoms with Gasteiger partial charge in [0.05, 0.1) is 23.3 Å². The Balaban J connectivity index is 3.10. The third-order valence-electron chi connectivity index (χ3n) is 2.77. The second kappa shape index (κ2) is 5.76. The number of ether oxygens (including phenoxy) is 1. The van der Waals surface area contributed by atoms with E-state index in [2.05, 4.69) is 0 Å². The highest BCUT2D eigenvalue weighted by atomic mass is 35.5. The summed E-state index contributed by atoms with van der Waals surface area (Å²) < 4.78 is 5.05. The van der Waals surface area contributed by atoms with Crippen molar-refractivity contribution < 1.29 is 9.84 Å². The minimum absolute atomic E-state index is 0.141. The average molecular weight is 263 g/mol. The van der Waals surface area contributed by atoms with E-state index in [1.54, 1.807) is 12.1 Å². The van der Waals surface area contributed by atoms with E-state index in [0.29, 0.717) is 21.4 Å². The molecule has 0 saturated carbocycles. The van der Waals surface area contributed by atoms with Gasteiger partial charge in [-0.15, -0.1) is 0 Å². The third-order valence-corrected chi connectivity index (χ3v) is 3.40. The highest BCUT2D eigenvalue weighted by Crippen LogP contribution is 2.36. The molecule has 1 rings (SSSR count). The van der Waals surface area contributed by atoms with Gasteiger partial charge in [0.1, 0.15) is 5.75 Å². The SMILES string of the molecule is CCC(C)C(O)c1cc(Cl)c(OC)cc1Cl. The molecule has 90 valence electrons. The van der Waals surface area contributed by atoms with Crippen LogP contribution in [0.1, 0.15) is 31.9 Å². The second-order valence-corrected chi connectivity index (χ2v) is 4.65. The van der Waals surface area contributed by atoms with Crippen LogP contribution in [0.4, 0.5) is 0 Å². The van der Waals surface area contributed by atoms with Crippen LogP contribution < -0.4 is 4.74 Å². The third kappa shape index (κ3) is 2.82. The van der Waals surface area contributed by atoms with Gasteiger partial charge in [-0.2, -0.15) is 0 Å². The Morgan fingerprint density at radius 2 is 1.94 bits per heavy atom. The Labute approximate surface area is 106 Å². The maximum Gasteiger partial charge on any atom is 0.138 e. The smallest absolute Gasteiger partial charge is 0.138 e. The molecule has 0 saturated heterocycles. The topological polar surface area (TPSA) is 29.5 Å². The Hall–Kier alpha value is -0.440. The molecule has 1 N–H and O–H groups in total. The number of halogens is 2. The van der Waals surface area contributed by atoms with Gasteiger partial charge in [-0.25, -0.2) is 0 Å². The van der Waals surface area contributed by atoms with Crippen LogP contribution in [0.15, 0.2) is 12.1 Å². The number of methoxy groups -OCH3 is 1. The lowest BCUT2D eigenvalue weighted by atomic mass is 9.95. The predicted octanol–water partition coefficient (Wildman–Crippen LogP) is 4.08. The molecular weight excluding hydrogens is 247 g/mol. The molecule has 0 spiro atoms. The van der Waals surface area contributed by atoms with Gasteiger partial charge in [0.2, 0.25) is 0 Å². The van der Waals surface area contributed by atoms with Crippen LogP contribution in [-0.4, -0.2) is 12.2 Å². The van der Waals surface area contributed by atoms with Crippen LogP contribution in [0.3, 0.4) is 0 Å². The van der Waals surface area contributed by atoms with E-state index in [0.717, 1.165) is 6.42 Å². The quantitative estimate of drug-likeness (QED) is 0.886. The molecule has 4 heteroatoms. The molecule has 0 bridgehead atoms. The van der Waals surface area contributed by atoms with Gasteiger partial charge >= 0.3 is 0 Å². The number of aliphatic hydroxyl groups is 1. The summed E-state index contributed by atoms with van der Waals surface area (Å²) >= 11 is 12.1.